The maximum Gasteiger partial charge on any atom is 0.158 e. The molecule has 0 radical (unpaired) electrons. The Balaban J connectivity index is 0.000000701. The SMILES string of the molecule is N#CC(C#N)=C(C#N)C#N.Oc1ccccc1C=NCCN=Cc1ccccc1O.[Fe]. The van der Waals surface area contributed by atoms with Gasteiger partial charge in [-0.25, -0.2) is 0 Å². The van der Waals surface area contributed by atoms with Crippen molar-refractivity contribution in [1.82, 2.24) is 0 Å². The topological polar surface area (TPSA) is 160 Å². The molecule has 0 fully saturated rings. The molecule has 2 aromatic rings. The number of phenols is 2. The van der Waals surface area contributed by atoms with Crippen LogP contribution in [-0.4, -0.2) is 35.7 Å². The van der Waals surface area contributed by atoms with E-state index in [2.05, 4.69) is 9.98 Å². The number of phenolic OH excluding ortho intramolecular Hbond substituents is 2. The first-order chi connectivity index (χ1) is 14.6. The molecule has 0 aliphatic carbocycles. The molecule has 9 heteroatoms. The van der Waals surface area contributed by atoms with Crippen LogP contribution in [0.25, 0.3) is 0 Å². The Bertz CT molecular complexity index is 1010. The zero-order valence-corrected chi connectivity index (χ0v) is 17.2. The van der Waals surface area contributed by atoms with Gasteiger partial charge in [0.25, 0.3) is 0 Å². The largest absolute Gasteiger partial charge is 0.507 e. The van der Waals surface area contributed by atoms with Crippen LogP contribution in [0.3, 0.4) is 0 Å². The predicted octanol–water partition coefficient (Wildman–Crippen LogP) is 3.01. The van der Waals surface area contributed by atoms with E-state index in [1.807, 2.05) is 12.1 Å². The Morgan fingerprint density at radius 2 is 1.00 bits per heavy atom. The van der Waals surface area contributed by atoms with Crippen LogP contribution in [0.2, 0.25) is 0 Å². The van der Waals surface area contributed by atoms with E-state index in [1.54, 1.807) is 48.8 Å². The van der Waals surface area contributed by atoms with Gasteiger partial charge in [-0.15, -0.1) is 0 Å². The molecule has 0 spiro atoms. The second kappa shape index (κ2) is 15.5. The Kier molecular flexibility index (Phi) is 13.3. The number of hydrogen-bond donors (Lipinski definition) is 2. The second-order valence-corrected chi connectivity index (χ2v) is 5.39. The van der Waals surface area contributed by atoms with Crippen LogP contribution >= 0.6 is 0 Å². The summed E-state index contributed by atoms with van der Waals surface area (Å²) in [4.78, 5) is 8.39. The molecule has 2 N–H and O–H groups in total. The number of nitriles is 4. The standard InChI is InChI=1S/C16H16N2O2.C6N4.Fe/c19-15-7-3-1-5-13(15)11-17-9-10-18-12-14-6-2-4-8-16(14)20;7-1-5(2-8)6(3-9)4-10;/h1-8,11-12,19-20H,9-10H2;;. The van der Waals surface area contributed by atoms with Crippen molar-refractivity contribution < 1.29 is 27.3 Å². The van der Waals surface area contributed by atoms with E-state index in [4.69, 9.17) is 21.0 Å². The van der Waals surface area contributed by atoms with Crippen LogP contribution < -0.4 is 0 Å². The van der Waals surface area contributed by atoms with Crippen LogP contribution in [0.1, 0.15) is 11.1 Å². The fourth-order valence-corrected chi connectivity index (χ4v) is 1.91. The predicted molar refractivity (Wildman–Crippen MR) is 111 cm³/mol. The van der Waals surface area contributed by atoms with Crippen LogP contribution in [0.15, 0.2) is 69.7 Å². The summed E-state index contributed by atoms with van der Waals surface area (Å²) in [6.07, 6.45) is 3.26. The van der Waals surface area contributed by atoms with Gasteiger partial charge in [-0.3, -0.25) is 9.98 Å². The quantitative estimate of drug-likeness (QED) is 0.307. The molecule has 8 nitrogen and oxygen atoms in total. The molecule has 154 valence electrons. The van der Waals surface area contributed by atoms with E-state index in [1.165, 1.54) is 24.3 Å². The van der Waals surface area contributed by atoms with Crippen molar-refractivity contribution >= 4 is 12.4 Å². The molecule has 0 saturated carbocycles. The van der Waals surface area contributed by atoms with Crippen molar-refractivity contribution in [2.45, 2.75) is 0 Å². The van der Waals surface area contributed by atoms with Crippen molar-refractivity contribution in [3.8, 4) is 35.8 Å². The second-order valence-electron chi connectivity index (χ2n) is 5.39. The van der Waals surface area contributed by atoms with Crippen LogP contribution in [0, 0.1) is 45.3 Å². The van der Waals surface area contributed by atoms with Crippen molar-refractivity contribution in [2.24, 2.45) is 9.98 Å². The maximum atomic E-state index is 9.54. The summed E-state index contributed by atoms with van der Waals surface area (Å²) >= 11 is 0. The third kappa shape index (κ3) is 9.57. The number of hydrogen-bond acceptors (Lipinski definition) is 8. The molecule has 0 saturated heterocycles. The average Bonchev–Trinajstić information content (AvgIpc) is 2.77. The molecule has 31 heavy (non-hydrogen) atoms. The van der Waals surface area contributed by atoms with E-state index in [-0.39, 0.29) is 28.6 Å². The van der Waals surface area contributed by atoms with Gasteiger partial charge in [0.2, 0.25) is 0 Å². The molecule has 0 aliphatic rings. The number of aliphatic imine (C=N–C) groups is 2. The van der Waals surface area contributed by atoms with Gasteiger partial charge in [-0.1, -0.05) is 24.3 Å². The summed E-state index contributed by atoms with van der Waals surface area (Å²) in [7, 11) is 0. The first-order valence-corrected chi connectivity index (χ1v) is 8.47. The van der Waals surface area contributed by atoms with Gasteiger partial charge in [-0.2, -0.15) is 21.0 Å². The van der Waals surface area contributed by atoms with E-state index < -0.39 is 11.1 Å². The number of rotatable bonds is 5. The van der Waals surface area contributed by atoms with Gasteiger partial charge in [0.1, 0.15) is 35.8 Å². The van der Waals surface area contributed by atoms with E-state index >= 15 is 0 Å². The minimum atomic E-state index is -0.440. The number of nitrogens with zero attached hydrogens (tertiary/aromatic N) is 6. The first-order valence-electron chi connectivity index (χ1n) is 8.47. The molecule has 2 rings (SSSR count). The average molecular weight is 452 g/mol. The molecule has 0 atom stereocenters. The third-order valence-corrected chi connectivity index (χ3v) is 3.39. The smallest absolute Gasteiger partial charge is 0.158 e. The molecule has 0 bridgehead atoms. The van der Waals surface area contributed by atoms with E-state index in [0.29, 0.717) is 24.2 Å². The summed E-state index contributed by atoms with van der Waals surface area (Å²) in [5.74, 6) is 0.433. The summed E-state index contributed by atoms with van der Waals surface area (Å²) in [5, 5.41) is 51.6. The normalized spacial score (nSPS) is 9.16. The fourth-order valence-electron chi connectivity index (χ4n) is 1.91. The Labute approximate surface area is 190 Å². The van der Waals surface area contributed by atoms with Crippen LogP contribution in [0.4, 0.5) is 0 Å². The Morgan fingerprint density at radius 1 is 0.677 bits per heavy atom. The van der Waals surface area contributed by atoms with Crippen molar-refractivity contribution in [3.05, 3.63) is 70.8 Å². The number of allylic oxidation sites excluding steroid dienone is 2. The summed E-state index contributed by atoms with van der Waals surface area (Å²) in [5.41, 5.74) is 0.504. The Morgan fingerprint density at radius 3 is 1.29 bits per heavy atom. The molecule has 0 amide bonds. The molecule has 2 aromatic carbocycles. The maximum absolute atomic E-state index is 9.54. The van der Waals surface area contributed by atoms with Crippen molar-refractivity contribution in [3.63, 3.8) is 0 Å². The summed E-state index contributed by atoms with van der Waals surface area (Å²) < 4.78 is 0. The molecule has 0 heterocycles. The Hall–Kier alpha value is -4.40. The minimum Gasteiger partial charge on any atom is -0.507 e. The van der Waals surface area contributed by atoms with Gasteiger partial charge in [-0.05, 0) is 24.3 Å². The molecular weight excluding hydrogens is 436 g/mol. The molecule has 0 unspecified atom stereocenters. The summed E-state index contributed by atoms with van der Waals surface area (Å²) in [6.45, 7) is 1.05. The van der Waals surface area contributed by atoms with Gasteiger partial charge in [0.15, 0.2) is 11.1 Å². The minimum absolute atomic E-state index is 0. The zero-order valence-electron chi connectivity index (χ0n) is 16.1. The monoisotopic (exact) mass is 452 g/mol. The zero-order chi connectivity index (χ0) is 22.2. The van der Waals surface area contributed by atoms with Crippen LogP contribution in [-0.2, 0) is 17.1 Å². The first kappa shape index (κ1) is 26.6. The number of benzene rings is 2. The third-order valence-electron chi connectivity index (χ3n) is 3.39. The molecule has 0 aliphatic heterocycles. The van der Waals surface area contributed by atoms with E-state index in [9.17, 15) is 10.2 Å². The van der Waals surface area contributed by atoms with E-state index in [0.717, 1.165) is 0 Å². The fraction of sp³-hybridized carbons (Fsp3) is 0.0909. The number of para-hydroxylation sites is 2. The molecule has 0 aromatic heterocycles. The summed E-state index contributed by atoms with van der Waals surface area (Å²) in [6, 6.07) is 19.8. The van der Waals surface area contributed by atoms with Gasteiger partial charge in [0, 0.05) is 40.6 Å². The van der Waals surface area contributed by atoms with Gasteiger partial charge in [0.05, 0.1) is 13.1 Å². The molecular formula is C22H16FeN6O2. The number of aromatic hydroxyl groups is 2. The van der Waals surface area contributed by atoms with Crippen molar-refractivity contribution in [1.29, 1.82) is 21.0 Å². The van der Waals surface area contributed by atoms with Gasteiger partial charge >= 0.3 is 0 Å². The van der Waals surface area contributed by atoms with Crippen molar-refractivity contribution in [2.75, 3.05) is 13.1 Å². The van der Waals surface area contributed by atoms with Gasteiger partial charge < -0.3 is 10.2 Å². The van der Waals surface area contributed by atoms with Crippen LogP contribution in [0.5, 0.6) is 11.5 Å².